The Morgan fingerprint density at radius 3 is 2.41 bits per heavy atom. The van der Waals surface area contributed by atoms with Gasteiger partial charge in [0.2, 0.25) is 26.6 Å². The van der Waals surface area contributed by atoms with Crippen LogP contribution in [0.3, 0.4) is 0 Å². The van der Waals surface area contributed by atoms with E-state index < -0.39 is 9.84 Å². The molecule has 29 heavy (non-hydrogen) atoms. The van der Waals surface area contributed by atoms with E-state index in [0.717, 1.165) is 29.7 Å². The van der Waals surface area contributed by atoms with Crippen LogP contribution in [-0.4, -0.2) is 45.5 Å². The van der Waals surface area contributed by atoms with Crippen LogP contribution < -0.4 is 5.32 Å². The fraction of sp³-hybridized carbons (Fsp3) is 0.318. The number of hydrogen-bond acceptors (Lipinski definition) is 6. The second-order valence-electron chi connectivity index (χ2n) is 7.42. The van der Waals surface area contributed by atoms with E-state index >= 15 is 0 Å². The van der Waals surface area contributed by atoms with E-state index in [-0.39, 0.29) is 21.7 Å². The normalized spacial score (nSPS) is 11.8. The predicted molar refractivity (Wildman–Crippen MR) is 115 cm³/mol. The Balaban J connectivity index is 1.99. The van der Waals surface area contributed by atoms with Gasteiger partial charge in [-0.1, -0.05) is 35.4 Å². The first-order chi connectivity index (χ1) is 13.8. The number of aromatic nitrogens is 1. The van der Waals surface area contributed by atoms with Gasteiger partial charge in [-0.15, -0.1) is 0 Å². The highest BCUT2D eigenvalue weighted by atomic mass is 32.2. The molecule has 0 fully saturated rings. The summed E-state index contributed by atoms with van der Waals surface area (Å²) < 4.78 is 32.4. The van der Waals surface area contributed by atoms with Crippen LogP contribution in [0.15, 0.2) is 62.9 Å². The molecule has 0 spiro atoms. The molecule has 7 heteroatoms. The molecule has 1 heterocycles. The van der Waals surface area contributed by atoms with Crippen LogP contribution >= 0.6 is 0 Å². The summed E-state index contributed by atoms with van der Waals surface area (Å²) in [6.45, 7) is 5.35. The summed E-state index contributed by atoms with van der Waals surface area (Å²) in [5.41, 5.74) is 2.78. The zero-order chi connectivity index (χ0) is 21.0. The number of anilines is 1. The van der Waals surface area contributed by atoms with Gasteiger partial charge in [-0.3, -0.25) is 0 Å². The summed E-state index contributed by atoms with van der Waals surface area (Å²) in [5.74, 6) is 0.468. The molecule has 0 unspecified atom stereocenters. The molecule has 1 N–H and O–H groups in total. The van der Waals surface area contributed by atoms with Gasteiger partial charge >= 0.3 is 0 Å². The first-order valence-corrected chi connectivity index (χ1v) is 11.0. The molecule has 154 valence electrons. The Kier molecular flexibility index (Phi) is 6.39. The molecule has 0 radical (unpaired) electrons. The molecular formula is C22H27N3O3S. The van der Waals surface area contributed by atoms with Gasteiger partial charge in [-0.25, -0.2) is 8.42 Å². The zero-order valence-corrected chi connectivity index (χ0v) is 18.1. The first kappa shape index (κ1) is 21.1. The minimum atomic E-state index is -3.81. The molecule has 0 aliphatic carbocycles. The molecule has 0 amide bonds. The van der Waals surface area contributed by atoms with Gasteiger partial charge in [-0.05, 0) is 65.2 Å². The predicted octanol–water partition coefficient (Wildman–Crippen LogP) is 4.15. The lowest BCUT2D eigenvalue weighted by Crippen LogP contribution is -2.17. The molecule has 3 rings (SSSR count). The van der Waals surface area contributed by atoms with E-state index in [1.54, 1.807) is 24.3 Å². The number of rotatable bonds is 8. The highest BCUT2D eigenvalue weighted by Gasteiger charge is 2.28. The first-order valence-electron chi connectivity index (χ1n) is 9.55. The van der Waals surface area contributed by atoms with Gasteiger partial charge in [0, 0.05) is 12.1 Å². The maximum absolute atomic E-state index is 13.2. The third-order valence-electron chi connectivity index (χ3n) is 4.51. The second kappa shape index (κ2) is 8.80. The molecule has 1 aromatic heterocycles. The quantitative estimate of drug-likeness (QED) is 0.559. The molecule has 0 atom stereocenters. The lowest BCUT2D eigenvalue weighted by molar-refractivity contribution is 0.404. The van der Waals surface area contributed by atoms with Crippen molar-refractivity contribution in [1.29, 1.82) is 0 Å². The number of benzene rings is 2. The van der Waals surface area contributed by atoms with Crippen LogP contribution in [0.25, 0.3) is 11.5 Å². The third kappa shape index (κ3) is 5.05. The Morgan fingerprint density at radius 2 is 1.76 bits per heavy atom. The van der Waals surface area contributed by atoms with Crippen LogP contribution in [0.2, 0.25) is 0 Å². The van der Waals surface area contributed by atoms with Crippen LogP contribution in [-0.2, 0) is 9.84 Å². The van der Waals surface area contributed by atoms with E-state index in [4.69, 9.17) is 4.42 Å². The molecule has 3 aromatic rings. The summed E-state index contributed by atoms with van der Waals surface area (Å²) in [5, 5.41) is 3.04. The number of aryl methyl sites for hydroxylation is 2. The van der Waals surface area contributed by atoms with Crippen molar-refractivity contribution in [3.8, 4) is 11.5 Å². The van der Waals surface area contributed by atoms with Crippen LogP contribution in [0, 0.1) is 13.8 Å². The highest BCUT2D eigenvalue weighted by Crippen LogP contribution is 2.32. The maximum atomic E-state index is 13.2. The van der Waals surface area contributed by atoms with Crippen LogP contribution in [0.1, 0.15) is 17.5 Å². The number of hydrogen-bond donors (Lipinski definition) is 1. The van der Waals surface area contributed by atoms with E-state index in [1.165, 1.54) is 0 Å². The molecule has 6 nitrogen and oxygen atoms in total. The van der Waals surface area contributed by atoms with E-state index in [1.807, 2.05) is 52.2 Å². The second-order valence-corrected chi connectivity index (χ2v) is 9.29. The van der Waals surface area contributed by atoms with Crippen molar-refractivity contribution in [3.05, 3.63) is 59.7 Å². The van der Waals surface area contributed by atoms with E-state index in [0.29, 0.717) is 6.54 Å². The van der Waals surface area contributed by atoms with Gasteiger partial charge in [0.1, 0.15) is 0 Å². The monoisotopic (exact) mass is 413 g/mol. The maximum Gasteiger partial charge on any atom is 0.233 e. The summed E-state index contributed by atoms with van der Waals surface area (Å²) in [6.07, 6.45) is 0.845. The summed E-state index contributed by atoms with van der Waals surface area (Å²) in [4.78, 5) is 6.65. The lowest BCUT2D eigenvalue weighted by Gasteiger charge is -2.10. The van der Waals surface area contributed by atoms with Gasteiger partial charge < -0.3 is 14.6 Å². The van der Waals surface area contributed by atoms with Crippen molar-refractivity contribution in [3.63, 3.8) is 0 Å². The SMILES string of the molecule is Cc1ccc(S(=O)(=O)c2nc(-c3cccc(C)c3)oc2NCCCN(C)C)cc1. The Labute approximate surface area is 172 Å². The largest absolute Gasteiger partial charge is 0.419 e. The molecule has 0 aliphatic heterocycles. The fourth-order valence-corrected chi connectivity index (χ4v) is 4.21. The Bertz CT molecular complexity index is 1070. The summed E-state index contributed by atoms with van der Waals surface area (Å²) >= 11 is 0. The molecule has 0 saturated heterocycles. The smallest absolute Gasteiger partial charge is 0.233 e. The molecule has 0 aliphatic rings. The lowest BCUT2D eigenvalue weighted by atomic mass is 10.1. The summed E-state index contributed by atoms with van der Waals surface area (Å²) in [6, 6.07) is 14.4. The van der Waals surface area contributed by atoms with Crippen molar-refractivity contribution in [1.82, 2.24) is 9.88 Å². The van der Waals surface area contributed by atoms with Crippen molar-refractivity contribution in [2.24, 2.45) is 0 Å². The van der Waals surface area contributed by atoms with Crippen molar-refractivity contribution in [2.75, 3.05) is 32.5 Å². The number of nitrogens with zero attached hydrogens (tertiary/aromatic N) is 2. The number of oxazole rings is 1. The Morgan fingerprint density at radius 1 is 1.03 bits per heavy atom. The zero-order valence-electron chi connectivity index (χ0n) is 17.3. The van der Waals surface area contributed by atoms with Gasteiger partial charge in [0.15, 0.2) is 0 Å². The van der Waals surface area contributed by atoms with Crippen molar-refractivity contribution < 1.29 is 12.8 Å². The average Bonchev–Trinajstić information content (AvgIpc) is 3.11. The fourth-order valence-electron chi connectivity index (χ4n) is 2.93. The third-order valence-corrected chi connectivity index (χ3v) is 6.19. The van der Waals surface area contributed by atoms with Crippen LogP contribution in [0.4, 0.5) is 5.88 Å². The van der Waals surface area contributed by atoms with Gasteiger partial charge in [-0.2, -0.15) is 4.98 Å². The number of sulfone groups is 1. The van der Waals surface area contributed by atoms with E-state index in [2.05, 4.69) is 15.2 Å². The van der Waals surface area contributed by atoms with Crippen molar-refractivity contribution >= 4 is 15.7 Å². The Hall–Kier alpha value is -2.64. The summed E-state index contributed by atoms with van der Waals surface area (Å²) in [7, 11) is 0.180. The standard InChI is InChI=1S/C22H27N3O3S/c1-16-9-11-19(12-10-16)29(26,27)22-21(23-13-6-14-25(3)4)28-20(24-22)18-8-5-7-17(2)15-18/h5,7-12,15,23H,6,13-14H2,1-4H3. The van der Waals surface area contributed by atoms with Gasteiger partial charge in [0.05, 0.1) is 4.90 Å². The minimum Gasteiger partial charge on any atom is -0.419 e. The minimum absolute atomic E-state index is 0.0808. The van der Waals surface area contributed by atoms with Crippen molar-refractivity contribution in [2.45, 2.75) is 30.2 Å². The molecule has 2 aromatic carbocycles. The molecular weight excluding hydrogens is 386 g/mol. The van der Waals surface area contributed by atoms with Gasteiger partial charge in [0.25, 0.3) is 0 Å². The van der Waals surface area contributed by atoms with E-state index in [9.17, 15) is 8.42 Å². The van der Waals surface area contributed by atoms with Crippen LogP contribution in [0.5, 0.6) is 0 Å². The number of nitrogens with one attached hydrogen (secondary N) is 1. The average molecular weight is 414 g/mol. The molecule has 0 saturated carbocycles. The topological polar surface area (TPSA) is 75.4 Å². The molecule has 0 bridgehead atoms. The highest BCUT2D eigenvalue weighted by molar-refractivity contribution is 7.91.